The number of aromatic nitrogens is 3. The first kappa shape index (κ1) is 8.88. The number of rotatable bonds is 2. The predicted molar refractivity (Wildman–Crippen MR) is 51.0 cm³/mol. The van der Waals surface area contributed by atoms with Gasteiger partial charge < -0.3 is 9.67 Å². The Balaban J connectivity index is 1.96. The second kappa shape index (κ2) is 3.05. The van der Waals surface area contributed by atoms with Gasteiger partial charge in [-0.3, -0.25) is 4.79 Å². The monoisotopic (exact) mass is 207 g/mol. The van der Waals surface area contributed by atoms with Gasteiger partial charge in [-0.2, -0.15) is 0 Å². The van der Waals surface area contributed by atoms with Crippen molar-refractivity contribution in [3.63, 3.8) is 0 Å². The largest absolute Gasteiger partial charge is 0.481 e. The Bertz CT molecular complexity index is 376. The number of carboxylic acid groups (broad SMARTS) is 1. The molecule has 0 saturated heterocycles. The molecule has 1 heterocycles. The van der Waals surface area contributed by atoms with E-state index < -0.39 is 5.97 Å². The van der Waals surface area contributed by atoms with Crippen LogP contribution in [0.15, 0.2) is 12.7 Å². The highest BCUT2D eigenvalue weighted by atomic mass is 16.4. The van der Waals surface area contributed by atoms with E-state index in [-0.39, 0.29) is 12.0 Å². The van der Waals surface area contributed by atoms with Crippen LogP contribution in [-0.4, -0.2) is 25.8 Å². The summed E-state index contributed by atoms with van der Waals surface area (Å²) < 4.78 is 1.88. The summed E-state index contributed by atoms with van der Waals surface area (Å²) in [4.78, 5) is 11.2. The Morgan fingerprint density at radius 1 is 1.27 bits per heavy atom. The van der Waals surface area contributed by atoms with Gasteiger partial charge in [-0.25, -0.2) is 0 Å². The summed E-state index contributed by atoms with van der Waals surface area (Å²) in [7, 11) is 0. The van der Waals surface area contributed by atoms with E-state index in [1.165, 1.54) is 0 Å². The molecule has 2 fully saturated rings. The van der Waals surface area contributed by atoms with Crippen LogP contribution in [0.4, 0.5) is 0 Å². The molecule has 4 atom stereocenters. The van der Waals surface area contributed by atoms with Crippen molar-refractivity contribution < 1.29 is 9.90 Å². The van der Waals surface area contributed by atoms with Gasteiger partial charge in [0.2, 0.25) is 0 Å². The van der Waals surface area contributed by atoms with Crippen molar-refractivity contribution in [2.75, 3.05) is 0 Å². The third-order valence-electron chi connectivity index (χ3n) is 3.94. The highest BCUT2D eigenvalue weighted by molar-refractivity contribution is 5.72. The minimum absolute atomic E-state index is 0.0799. The molecule has 2 bridgehead atoms. The maximum Gasteiger partial charge on any atom is 0.308 e. The lowest BCUT2D eigenvalue weighted by atomic mass is 9.84. The third kappa shape index (κ3) is 1.19. The molecule has 80 valence electrons. The summed E-state index contributed by atoms with van der Waals surface area (Å²) in [6.45, 7) is 0. The minimum Gasteiger partial charge on any atom is -0.481 e. The molecule has 2 aliphatic rings. The Kier molecular flexibility index (Phi) is 1.81. The molecule has 2 saturated carbocycles. The lowest BCUT2D eigenvalue weighted by Crippen LogP contribution is -2.31. The number of hydrogen-bond donors (Lipinski definition) is 1. The number of carboxylic acids is 1. The molecular formula is C10H13N3O2. The van der Waals surface area contributed by atoms with Crippen LogP contribution in [0.25, 0.3) is 0 Å². The first-order chi connectivity index (χ1) is 7.27. The molecule has 15 heavy (non-hydrogen) atoms. The zero-order valence-corrected chi connectivity index (χ0v) is 8.28. The average molecular weight is 207 g/mol. The number of nitrogens with zero attached hydrogens (tertiary/aromatic N) is 3. The summed E-state index contributed by atoms with van der Waals surface area (Å²) in [5.74, 6) is -0.0346. The fourth-order valence-corrected chi connectivity index (χ4v) is 3.40. The van der Waals surface area contributed by atoms with Gasteiger partial charge in [0.15, 0.2) is 0 Å². The summed E-state index contributed by atoms with van der Waals surface area (Å²) >= 11 is 0. The zero-order chi connectivity index (χ0) is 10.4. The fraction of sp³-hybridized carbons (Fsp3) is 0.700. The molecule has 1 aromatic rings. The van der Waals surface area contributed by atoms with Crippen LogP contribution in [0.2, 0.25) is 0 Å². The lowest BCUT2D eigenvalue weighted by molar-refractivity contribution is -0.145. The number of carbonyl (C=O) groups is 1. The molecule has 0 spiro atoms. The van der Waals surface area contributed by atoms with Gasteiger partial charge in [0, 0.05) is 0 Å². The smallest absolute Gasteiger partial charge is 0.308 e. The fourth-order valence-electron chi connectivity index (χ4n) is 3.40. The molecule has 0 amide bonds. The van der Waals surface area contributed by atoms with E-state index in [0.29, 0.717) is 11.8 Å². The van der Waals surface area contributed by atoms with E-state index >= 15 is 0 Å². The maximum atomic E-state index is 11.2. The minimum atomic E-state index is -0.666. The maximum absolute atomic E-state index is 11.2. The summed E-state index contributed by atoms with van der Waals surface area (Å²) in [6, 6.07) is 0.0799. The number of fused-ring (bicyclic) bond motifs is 2. The van der Waals surface area contributed by atoms with Crippen LogP contribution in [0, 0.1) is 17.8 Å². The van der Waals surface area contributed by atoms with Gasteiger partial charge in [-0.15, -0.1) is 10.2 Å². The van der Waals surface area contributed by atoms with Gasteiger partial charge in [0.05, 0.1) is 12.0 Å². The molecule has 0 aliphatic heterocycles. The summed E-state index contributed by atoms with van der Waals surface area (Å²) in [5, 5.41) is 16.8. The molecule has 2 aliphatic carbocycles. The number of hydrogen-bond acceptors (Lipinski definition) is 3. The van der Waals surface area contributed by atoms with Crippen LogP contribution in [0.1, 0.15) is 25.3 Å². The first-order valence-electron chi connectivity index (χ1n) is 5.34. The zero-order valence-electron chi connectivity index (χ0n) is 8.28. The van der Waals surface area contributed by atoms with Crippen LogP contribution >= 0.6 is 0 Å². The van der Waals surface area contributed by atoms with Crippen molar-refractivity contribution in [3.8, 4) is 0 Å². The molecular weight excluding hydrogens is 194 g/mol. The third-order valence-corrected chi connectivity index (χ3v) is 3.94. The Hall–Kier alpha value is -1.39. The van der Waals surface area contributed by atoms with Crippen molar-refractivity contribution >= 4 is 5.97 Å². The SMILES string of the molecule is O=C(O)C1C2CCC(C2)C1n1cnnc1. The molecule has 5 nitrogen and oxygen atoms in total. The quantitative estimate of drug-likeness (QED) is 0.784. The van der Waals surface area contributed by atoms with E-state index in [1.54, 1.807) is 12.7 Å². The first-order valence-corrected chi connectivity index (χ1v) is 5.34. The van der Waals surface area contributed by atoms with Crippen molar-refractivity contribution in [2.45, 2.75) is 25.3 Å². The molecule has 0 radical (unpaired) electrons. The summed E-state index contributed by atoms with van der Waals surface area (Å²) in [5.41, 5.74) is 0. The highest BCUT2D eigenvalue weighted by Gasteiger charge is 2.51. The molecule has 5 heteroatoms. The van der Waals surface area contributed by atoms with E-state index in [4.69, 9.17) is 0 Å². The van der Waals surface area contributed by atoms with E-state index in [0.717, 1.165) is 19.3 Å². The molecule has 3 rings (SSSR count). The van der Waals surface area contributed by atoms with E-state index in [9.17, 15) is 9.90 Å². The van der Waals surface area contributed by atoms with Gasteiger partial charge in [-0.05, 0) is 31.1 Å². The van der Waals surface area contributed by atoms with E-state index in [2.05, 4.69) is 10.2 Å². The predicted octanol–water partition coefficient (Wildman–Crippen LogP) is 0.950. The van der Waals surface area contributed by atoms with Crippen LogP contribution in [0.5, 0.6) is 0 Å². The standard InChI is InChI=1S/C10H13N3O2/c14-10(15)8-6-1-2-7(3-6)9(8)13-4-11-12-5-13/h4-9H,1-3H2,(H,14,15). The van der Waals surface area contributed by atoms with Crippen LogP contribution in [0.3, 0.4) is 0 Å². The van der Waals surface area contributed by atoms with E-state index in [1.807, 2.05) is 4.57 Å². The van der Waals surface area contributed by atoms with Crippen LogP contribution < -0.4 is 0 Å². The van der Waals surface area contributed by atoms with Crippen molar-refractivity contribution in [2.24, 2.45) is 17.8 Å². The number of aliphatic carboxylic acids is 1. The van der Waals surface area contributed by atoms with Gasteiger partial charge in [-0.1, -0.05) is 0 Å². The second-order valence-electron chi connectivity index (χ2n) is 4.60. The van der Waals surface area contributed by atoms with Crippen molar-refractivity contribution in [3.05, 3.63) is 12.7 Å². The average Bonchev–Trinajstić information content (AvgIpc) is 2.92. The molecule has 1 N–H and O–H groups in total. The Morgan fingerprint density at radius 2 is 1.93 bits per heavy atom. The van der Waals surface area contributed by atoms with Crippen LogP contribution in [-0.2, 0) is 4.79 Å². The van der Waals surface area contributed by atoms with Gasteiger partial charge in [0.1, 0.15) is 12.7 Å². The molecule has 0 aromatic carbocycles. The lowest BCUT2D eigenvalue weighted by Gasteiger charge is -2.28. The van der Waals surface area contributed by atoms with Crippen molar-refractivity contribution in [1.82, 2.24) is 14.8 Å². The summed E-state index contributed by atoms with van der Waals surface area (Å²) in [6.07, 6.45) is 6.56. The molecule has 4 unspecified atom stereocenters. The molecule has 1 aromatic heterocycles. The van der Waals surface area contributed by atoms with Crippen molar-refractivity contribution in [1.29, 1.82) is 0 Å². The Labute approximate surface area is 87.1 Å². The second-order valence-corrected chi connectivity index (χ2v) is 4.60. The Morgan fingerprint density at radius 3 is 2.60 bits per heavy atom. The highest BCUT2D eigenvalue weighted by Crippen LogP contribution is 2.54. The van der Waals surface area contributed by atoms with Gasteiger partial charge >= 0.3 is 5.97 Å². The topological polar surface area (TPSA) is 68.0 Å². The normalized spacial score (nSPS) is 38.4. The van der Waals surface area contributed by atoms with Gasteiger partial charge in [0.25, 0.3) is 0 Å².